The molecule has 4 amide bonds. The average Bonchev–Trinajstić information content (AvgIpc) is 2.28. The molecule has 6 nitrogen and oxygen atoms in total. The number of primary amides is 4. The fourth-order valence-corrected chi connectivity index (χ4v) is 1.13. The van der Waals surface area contributed by atoms with E-state index in [9.17, 15) is 0 Å². The highest BCUT2D eigenvalue weighted by molar-refractivity contribution is 5.82. The molecular weight excluding hydrogens is 232 g/mol. The van der Waals surface area contributed by atoms with Crippen LogP contribution in [0.3, 0.4) is 0 Å². The molecule has 0 heterocycles. The number of amides is 4. The van der Waals surface area contributed by atoms with Crippen LogP contribution in [0, 0.1) is 0 Å². The third-order valence-electron chi connectivity index (χ3n) is 1.66. The summed E-state index contributed by atoms with van der Waals surface area (Å²) in [7, 11) is 0. The first-order chi connectivity index (χ1) is 8.43. The van der Waals surface area contributed by atoms with Gasteiger partial charge in [-0.25, -0.2) is 9.59 Å². The summed E-state index contributed by atoms with van der Waals surface area (Å²) in [5, 5.41) is 2.62. The van der Waals surface area contributed by atoms with Crippen molar-refractivity contribution < 1.29 is 9.59 Å². The number of carbonyl (C=O) groups is 2. The molecule has 18 heavy (non-hydrogen) atoms. The highest BCUT2D eigenvalue weighted by Gasteiger charge is 1.85. The quantitative estimate of drug-likeness (QED) is 0.550. The Morgan fingerprint density at radius 1 is 0.611 bits per heavy atom. The second-order valence-corrected chi connectivity index (χ2v) is 3.15. The Morgan fingerprint density at radius 2 is 0.778 bits per heavy atom. The minimum atomic E-state index is -0.833. The first-order valence-corrected chi connectivity index (χ1v) is 4.97. The first kappa shape index (κ1) is 15.2. The lowest BCUT2D eigenvalue weighted by Gasteiger charge is -1.92. The van der Waals surface area contributed by atoms with E-state index in [0.29, 0.717) is 0 Å². The van der Waals surface area contributed by atoms with Crippen LogP contribution in [0.2, 0.25) is 0 Å². The van der Waals surface area contributed by atoms with Gasteiger partial charge in [0, 0.05) is 0 Å². The predicted molar refractivity (Wildman–Crippen MR) is 71.5 cm³/mol. The summed E-state index contributed by atoms with van der Waals surface area (Å²) in [5.74, 6) is 0. The summed E-state index contributed by atoms with van der Waals surface area (Å²) < 4.78 is 0. The van der Waals surface area contributed by atoms with Crippen molar-refractivity contribution in [3.8, 4) is 0 Å². The minimum absolute atomic E-state index is 0.833. The third kappa shape index (κ3) is 8.54. The largest absolute Gasteiger partial charge is 0.352 e. The standard InChI is InChI=1S/C10H8.2CH4N2O/c1-2-6-10-8-4-3-7-9(10)5-1;2*2-1(3)4/h1-8H;2*(H4,2,3,4). The first-order valence-electron chi connectivity index (χ1n) is 4.97. The molecule has 0 unspecified atom stereocenters. The Balaban J connectivity index is 0.000000307. The molecule has 0 saturated carbocycles. The van der Waals surface area contributed by atoms with Gasteiger partial charge in [-0.05, 0) is 10.8 Å². The van der Waals surface area contributed by atoms with Gasteiger partial charge in [-0.2, -0.15) is 0 Å². The molecule has 0 aromatic heterocycles. The van der Waals surface area contributed by atoms with Crippen LogP contribution < -0.4 is 22.9 Å². The molecule has 0 radical (unpaired) electrons. The second-order valence-electron chi connectivity index (χ2n) is 3.15. The van der Waals surface area contributed by atoms with Crippen LogP contribution in [0.25, 0.3) is 10.8 Å². The van der Waals surface area contributed by atoms with Crippen molar-refractivity contribution in [2.24, 2.45) is 22.9 Å². The van der Waals surface area contributed by atoms with E-state index in [2.05, 4.69) is 71.5 Å². The zero-order chi connectivity index (χ0) is 14.0. The van der Waals surface area contributed by atoms with Crippen molar-refractivity contribution >= 4 is 22.8 Å². The number of rotatable bonds is 0. The minimum Gasteiger partial charge on any atom is -0.352 e. The van der Waals surface area contributed by atoms with Crippen LogP contribution in [-0.2, 0) is 0 Å². The molecule has 2 aromatic carbocycles. The number of nitrogens with two attached hydrogens (primary N) is 4. The number of benzene rings is 2. The summed E-state index contributed by atoms with van der Waals surface area (Å²) in [6.45, 7) is 0. The lowest BCUT2D eigenvalue weighted by molar-refractivity contribution is 0.255. The van der Waals surface area contributed by atoms with E-state index in [4.69, 9.17) is 9.59 Å². The van der Waals surface area contributed by atoms with E-state index in [1.807, 2.05) is 0 Å². The van der Waals surface area contributed by atoms with Gasteiger partial charge < -0.3 is 22.9 Å². The molecule has 0 fully saturated rings. The summed E-state index contributed by atoms with van der Waals surface area (Å²) in [6.07, 6.45) is 0. The molecule has 0 aliphatic heterocycles. The Hall–Kier alpha value is -2.76. The Kier molecular flexibility index (Phi) is 7.11. The van der Waals surface area contributed by atoms with Crippen molar-refractivity contribution in [2.75, 3.05) is 0 Å². The van der Waals surface area contributed by atoms with E-state index in [0.717, 1.165) is 0 Å². The van der Waals surface area contributed by atoms with E-state index in [1.165, 1.54) is 10.8 Å². The second kappa shape index (κ2) is 8.40. The van der Waals surface area contributed by atoms with Gasteiger partial charge in [0.25, 0.3) is 0 Å². The van der Waals surface area contributed by atoms with E-state index < -0.39 is 12.1 Å². The molecule has 6 heteroatoms. The maximum atomic E-state index is 9.00. The zero-order valence-electron chi connectivity index (χ0n) is 9.74. The number of fused-ring (bicyclic) bond motifs is 1. The average molecular weight is 248 g/mol. The van der Waals surface area contributed by atoms with Gasteiger partial charge >= 0.3 is 12.1 Å². The topological polar surface area (TPSA) is 138 Å². The van der Waals surface area contributed by atoms with E-state index in [-0.39, 0.29) is 0 Å². The van der Waals surface area contributed by atoms with Gasteiger partial charge in [-0.3, -0.25) is 0 Å². The van der Waals surface area contributed by atoms with Crippen LogP contribution in [0.1, 0.15) is 0 Å². The van der Waals surface area contributed by atoms with Crippen molar-refractivity contribution in [3.05, 3.63) is 48.5 Å². The SMILES string of the molecule is NC(N)=O.NC(N)=O.c1ccc2ccccc2c1. The monoisotopic (exact) mass is 248 g/mol. The Bertz CT molecular complexity index is 429. The maximum Gasteiger partial charge on any atom is 0.309 e. The molecule has 2 rings (SSSR count). The number of carbonyl (C=O) groups excluding carboxylic acids is 2. The predicted octanol–water partition coefficient (Wildman–Crippen LogP) is 0.887. The van der Waals surface area contributed by atoms with Crippen LogP contribution in [0.5, 0.6) is 0 Å². The Labute approximate surface area is 105 Å². The molecule has 0 aliphatic carbocycles. The van der Waals surface area contributed by atoms with Crippen molar-refractivity contribution in [2.45, 2.75) is 0 Å². The summed E-state index contributed by atoms with van der Waals surface area (Å²) in [6, 6.07) is 15.0. The summed E-state index contributed by atoms with van der Waals surface area (Å²) in [5.41, 5.74) is 17.0. The van der Waals surface area contributed by atoms with Gasteiger partial charge in [-0.1, -0.05) is 48.5 Å². The number of hydrogen-bond acceptors (Lipinski definition) is 2. The number of urea groups is 2. The van der Waals surface area contributed by atoms with Gasteiger partial charge in [0.2, 0.25) is 0 Å². The van der Waals surface area contributed by atoms with Gasteiger partial charge in [0.1, 0.15) is 0 Å². The highest BCUT2D eigenvalue weighted by atomic mass is 16.2. The molecule has 0 bridgehead atoms. The molecule has 96 valence electrons. The summed E-state index contributed by atoms with van der Waals surface area (Å²) in [4.78, 5) is 18.0. The molecule has 0 atom stereocenters. The van der Waals surface area contributed by atoms with E-state index >= 15 is 0 Å². The van der Waals surface area contributed by atoms with Gasteiger partial charge in [-0.15, -0.1) is 0 Å². The Morgan fingerprint density at radius 3 is 0.944 bits per heavy atom. The smallest absolute Gasteiger partial charge is 0.309 e. The fourth-order valence-electron chi connectivity index (χ4n) is 1.13. The molecule has 8 N–H and O–H groups in total. The number of hydrogen-bond donors (Lipinski definition) is 4. The van der Waals surface area contributed by atoms with Crippen molar-refractivity contribution in [1.29, 1.82) is 0 Å². The highest BCUT2D eigenvalue weighted by Crippen LogP contribution is 2.11. The van der Waals surface area contributed by atoms with Crippen LogP contribution in [-0.4, -0.2) is 12.1 Å². The third-order valence-corrected chi connectivity index (χ3v) is 1.66. The van der Waals surface area contributed by atoms with Gasteiger partial charge in [0.05, 0.1) is 0 Å². The molecule has 0 aliphatic rings. The van der Waals surface area contributed by atoms with Crippen molar-refractivity contribution in [3.63, 3.8) is 0 Å². The van der Waals surface area contributed by atoms with E-state index in [1.54, 1.807) is 0 Å². The molecule has 0 saturated heterocycles. The van der Waals surface area contributed by atoms with Gasteiger partial charge in [0.15, 0.2) is 0 Å². The van der Waals surface area contributed by atoms with Crippen molar-refractivity contribution in [1.82, 2.24) is 0 Å². The lowest BCUT2D eigenvalue weighted by atomic mass is 10.1. The molecular formula is C12H16N4O2. The molecule has 0 spiro atoms. The van der Waals surface area contributed by atoms with Crippen LogP contribution in [0.15, 0.2) is 48.5 Å². The molecule has 2 aromatic rings. The normalized spacial score (nSPS) is 8.22. The van der Waals surface area contributed by atoms with Crippen LogP contribution >= 0.6 is 0 Å². The van der Waals surface area contributed by atoms with Crippen LogP contribution in [0.4, 0.5) is 9.59 Å². The fraction of sp³-hybridized carbons (Fsp3) is 0. The lowest BCUT2D eigenvalue weighted by Crippen LogP contribution is -2.18. The maximum absolute atomic E-state index is 9.00. The summed E-state index contributed by atoms with van der Waals surface area (Å²) >= 11 is 0. The zero-order valence-corrected chi connectivity index (χ0v) is 9.74.